The molecular weight excluding hydrogens is 456 g/mol. The normalized spacial score (nSPS) is 10.7. The van der Waals surface area contributed by atoms with E-state index in [0.29, 0.717) is 27.6 Å². The van der Waals surface area contributed by atoms with Crippen LogP contribution in [-0.2, 0) is 0 Å². The molecule has 29 heavy (non-hydrogen) atoms. The topological polar surface area (TPSA) is 52.6 Å². The zero-order valence-electron chi connectivity index (χ0n) is 15.4. The maximum absolute atomic E-state index is 12.3. The molecule has 3 rings (SSSR count). The van der Waals surface area contributed by atoms with E-state index in [2.05, 4.69) is 15.9 Å². The Bertz CT molecular complexity index is 1060. The summed E-state index contributed by atoms with van der Waals surface area (Å²) in [4.78, 5) is 24.6. The molecule has 0 amide bonds. The number of esters is 1. The first-order valence-corrected chi connectivity index (χ1v) is 9.77. The summed E-state index contributed by atoms with van der Waals surface area (Å²) in [6.07, 6.45) is 3.13. The highest BCUT2D eigenvalue weighted by Crippen LogP contribution is 2.29. The van der Waals surface area contributed by atoms with E-state index in [-0.39, 0.29) is 5.78 Å². The summed E-state index contributed by atoms with van der Waals surface area (Å²) < 4.78 is 11.6. The molecule has 0 aliphatic carbocycles. The van der Waals surface area contributed by atoms with E-state index in [9.17, 15) is 9.59 Å². The van der Waals surface area contributed by atoms with Gasteiger partial charge in [-0.05, 0) is 72.3 Å². The summed E-state index contributed by atoms with van der Waals surface area (Å²) in [6.45, 7) is 0. The zero-order chi connectivity index (χ0) is 20.8. The maximum atomic E-state index is 12.3. The minimum Gasteiger partial charge on any atom is -0.493 e. The summed E-state index contributed by atoms with van der Waals surface area (Å²) in [5.41, 5.74) is 1.69. The lowest BCUT2D eigenvalue weighted by molar-refractivity contribution is 0.0729. The van der Waals surface area contributed by atoms with E-state index in [1.54, 1.807) is 72.8 Å². The summed E-state index contributed by atoms with van der Waals surface area (Å²) >= 11 is 9.16. The summed E-state index contributed by atoms with van der Waals surface area (Å²) in [5, 5.41) is 0.573. The Labute approximate surface area is 181 Å². The molecule has 0 aromatic heterocycles. The summed E-state index contributed by atoms with van der Waals surface area (Å²) in [7, 11) is 1.48. The number of ether oxygens (including phenoxy) is 2. The van der Waals surface area contributed by atoms with Gasteiger partial charge in [0.25, 0.3) is 0 Å². The molecule has 0 unspecified atom stereocenters. The van der Waals surface area contributed by atoms with Crippen molar-refractivity contribution in [3.05, 3.63) is 99.0 Å². The molecule has 0 bridgehead atoms. The minimum atomic E-state index is -0.489. The molecule has 0 radical (unpaired) electrons. The molecule has 0 saturated heterocycles. The second-order valence-electron chi connectivity index (χ2n) is 6.01. The Kier molecular flexibility index (Phi) is 6.86. The van der Waals surface area contributed by atoms with Crippen LogP contribution in [0.4, 0.5) is 0 Å². The number of rotatable bonds is 6. The van der Waals surface area contributed by atoms with Crippen molar-refractivity contribution >= 4 is 45.4 Å². The predicted molar refractivity (Wildman–Crippen MR) is 117 cm³/mol. The highest BCUT2D eigenvalue weighted by Gasteiger charge is 2.13. The lowest BCUT2D eigenvalue weighted by atomic mass is 10.1. The van der Waals surface area contributed by atoms with Gasteiger partial charge in [0.2, 0.25) is 0 Å². The number of carbonyl (C=O) groups is 2. The molecular formula is C23H16BrClO4. The summed E-state index contributed by atoms with van der Waals surface area (Å²) in [5.74, 6) is 0.0431. The van der Waals surface area contributed by atoms with E-state index in [1.165, 1.54) is 13.2 Å². The molecule has 146 valence electrons. The van der Waals surface area contributed by atoms with E-state index in [1.807, 2.05) is 0 Å². The zero-order valence-corrected chi connectivity index (χ0v) is 17.7. The standard InChI is InChI=1S/C23H16BrClO4/c1-28-22-14-15(2-12-20(26)16-6-10-19(25)11-7-16)3-13-21(22)29-23(27)17-4-8-18(24)9-5-17/h2-14H,1H3/b12-2+. The first kappa shape index (κ1) is 20.8. The molecule has 6 heteroatoms. The number of carbonyl (C=O) groups excluding carboxylic acids is 2. The van der Waals surface area contributed by atoms with Crippen LogP contribution in [0, 0.1) is 0 Å². The third kappa shape index (κ3) is 5.56. The molecule has 4 nitrogen and oxygen atoms in total. The number of allylic oxidation sites excluding steroid dienone is 1. The molecule has 0 fully saturated rings. The smallest absolute Gasteiger partial charge is 0.343 e. The van der Waals surface area contributed by atoms with Crippen LogP contribution in [0.5, 0.6) is 11.5 Å². The van der Waals surface area contributed by atoms with Crippen LogP contribution in [-0.4, -0.2) is 18.9 Å². The van der Waals surface area contributed by atoms with Crippen LogP contribution in [0.15, 0.2) is 77.3 Å². The van der Waals surface area contributed by atoms with Crippen molar-refractivity contribution in [1.29, 1.82) is 0 Å². The number of ketones is 1. The molecule has 0 heterocycles. The maximum Gasteiger partial charge on any atom is 0.343 e. The fraction of sp³-hybridized carbons (Fsp3) is 0.0435. The van der Waals surface area contributed by atoms with Crippen molar-refractivity contribution in [3.63, 3.8) is 0 Å². The van der Waals surface area contributed by atoms with Crippen LogP contribution in [0.1, 0.15) is 26.3 Å². The molecule has 3 aromatic carbocycles. The minimum absolute atomic E-state index is 0.147. The monoisotopic (exact) mass is 470 g/mol. The number of hydrogen-bond acceptors (Lipinski definition) is 4. The largest absolute Gasteiger partial charge is 0.493 e. The molecule has 0 atom stereocenters. The first-order valence-electron chi connectivity index (χ1n) is 8.60. The second-order valence-corrected chi connectivity index (χ2v) is 7.36. The van der Waals surface area contributed by atoms with Crippen LogP contribution < -0.4 is 9.47 Å². The number of hydrogen-bond donors (Lipinski definition) is 0. The lowest BCUT2D eigenvalue weighted by Crippen LogP contribution is -2.09. The second kappa shape index (κ2) is 9.54. The number of benzene rings is 3. The van der Waals surface area contributed by atoms with Gasteiger partial charge in [-0.25, -0.2) is 4.79 Å². The Morgan fingerprint density at radius 2 is 1.55 bits per heavy atom. The van der Waals surface area contributed by atoms with Crippen molar-refractivity contribution in [2.45, 2.75) is 0 Å². The Hall–Kier alpha value is -2.89. The van der Waals surface area contributed by atoms with Gasteiger partial charge in [-0.3, -0.25) is 4.79 Å². The van der Waals surface area contributed by atoms with Gasteiger partial charge >= 0.3 is 5.97 Å². The average molecular weight is 472 g/mol. The molecule has 3 aromatic rings. The third-order valence-electron chi connectivity index (χ3n) is 4.03. The molecule has 0 aliphatic heterocycles. The van der Waals surface area contributed by atoms with Gasteiger partial charge in [0.05, 0.1) is 12.7 Å². The van der Waals surface area contributed by atoms with E-state index in [0.717, 1.165) is 10.0 Å². The van der Waals surface area contributed by atoms with Crippen LogP contribution >= 0.6 is 27.5 Å². The van der Waals surface area contributed by atoms with Gasteiger partial charge in [0, 0.05) is 15.1 Å². The Morgan fingerprint density at radius 1 is 0.897 bits per heavy atom. The molecule has 0 spiro atoms. The Balaban J connectivity index is 1.74. The van der Waals surface area contributed by atoms with E-state index in [4.69, 9.17) is 21.1 Å². The van der Waals surface area contributed by atoms with Gasteiger partial charge < -0.3 is 9.47 Å². The third-order valence-corrected chi connectivity index (χ3v) is 4.81. The van der Waals surface area contributed by atoms with Crippen molar-refractivity contribution in [2.24, 2.45) is 0 Å². The fourth-order valence-electron chi connectivity index (χ4n) is 2.50. The highest BCUT2D eigenvalue weighted by molar-refractivity contribution is 9.10. The fourth-order valence-corrected chi connectivity index (χ4v) is 2.89. The van der Waals surface area contributed by atoms with Gasteiger partial charge in [-0.2, -0.15) is 0 Å². The molecule has 0 N–H and O–H groups in total. The van der Waals surface area contributed by atoms with Crippen LogP contribution in [0.3, 0.4) is 0 Å². The number of halogens is 2. The van der Waals surface area contributed by atoms with Crippen molar-refractivity contribution in [3.8, 4) is 11.5 Å². The molecule has 0 saturated carbocycles. The van der Waals surface area contributed by atoms with Gasteiger partial charge in [0.1, 0.15) is 0 Å². The van der Waals surface area contributed by atoms with Crippen molar-refractivity contribution in [1.82, 2.24) is 0 Å². The van der Waals surface area contributed by atoms with E-state index < -0.39 is 5.97 Å². The average Bonchev–Trinajstić information content (AvgIpc) is 2.73. The van der Waals surface area contributed by atoms with Gasteiger partial charge in [-0.15, -0.1) is 0 Å². The predicted octanol–water partition coefficient (Wildman–Crippen LogP) is 6.23. The SMILES string of the molecule is COc1cc(/C=C/C(=O)c2ccc(Cl)cc2)ccc1OC(=O)c1ccc(Br)cc1. The number of methoxy groups -OCH3 is 1. The van der Waals surface area contributed by atoms with Gasteiger partial charge in [-0.1, -0.05) is 39.7 Å². The van der Waals surface area contributed by atoms with Crippen LogP contribution in [0.25, 0.3) is 6.08 Å². The summed E-state index contributed by atoms with van der Waals surface area (Å²) in [6, 6.07) is 18.6. The van der Waals surface area contributed by atoms with Crippen molar-refractivity contribution in [2.75, 3.05) is 7.11 Å². The van der Waals surface area contributed by atoms with Gasteiger partial charge in [0.15, 0.2) is 17.3 Å². The highest BCUT2D eigenvalue weighted by atomic mass is 79.9. The quantitative estimate of drug-likeness (QED) is 0.185. The van der Waals surface area contributed by atoms with Crippen molar-refractivity contribution < 1.29 is 19.1 Å². The van der Waals surface area contributed by atoms with Crippen LogP contribution in [0.2, 0.25) is 5.02 Å². The van der Waals surface area contributed by atoms with E-state index >= 15 is 0 Å². The first-order chi connectivity index (χ1) is 14.0. The Morgan fingerprint density at radius 3 is 2.21 bits per heavy atom. The molecule has 0 aliphatic rings. The lowest BCUT2D eigenvalue weighted by Gasteiger charge is -2.10.